The van der Waals surface area contributed by atoms with Gasteiger partial charge in [-0.2, -0.15) is 17.6 Å². The fraction of sp³-hybridized carbons (Fsp3) is 0.571. The third kappa shape index (κ3) is 1.13. The average Bonchev–Trinajstić information content (AvgIpc) is 1.97. The van der Waals surface area contributed by atoms with E-state index >= 15 is 0 Å². The van der Waals surface area contributed by atoms with Crippen LogP contribution in [0.25, 0.3) is 0 Å². The zero-order chi connectivity index (χ0) is 9.41. The van der Waals surface area contributed by atoms with Crippen LogP contribution in [0.15, 0.2) is 12.2 Å². The van der Waals surface area contributed by atoms with Gasteiger partial charge in [0.1, 0.15) is 6.29 Å². The SMILES string of the molecule is O=C/C=C/C1CC(F)(F)C1(F)F. The maximum Gasteiger partial charge on any atom is 0.316 e. The van der Waals surface area contributed by atoms with E-state index < -0.39 is 24.2 Å². The molecule has 0 bridgehead atoms. The van der Waals surface area contributed by atoms with Crippen molar-refractivity contribution < 1.29 is 22.4 Å². The summed E-state index contributed by atoms with van der Waals surface area (Å²) >= 11 is 0. The van der Waals surface area contributed by atoms with Crippen LogP contribution < -0.4 is 0 Å². The summed E-state index contributed by atoms with van der Waals surface area (Å²) in [5, 5.41) is 0. The lowest BCUT2D eigenvalue weighted by atomic mass is 9.76. The van der Waals surface area contributed by atoms with Crippen LogP contribution >= 0.6 is 0 Å². The number of aldehydes is 1. The van der Waals surface area contributed by atoms with E-state index in [1.807, 2.05) is 0 Å². The third-order valence-corrected chi connectivity index (χ3v) is 1.85. The molecular weight excluding hydrogens is 176 g/mol. The molecule has 0 N–H and O–H groups in total. The van der Waals surface area contributed by atoms with Gasteiger partial charge in [-0.15, -0.1) is 0 Å². The van der Waals surface area contributed by atoms with Gasteiger partial charge in [-0.3, -0.25) is 4.79 Å². The monoisotopic (exact) mass is 182 g/mol. The topological polar surface area (TPSA) is 17.1 Å². The zero-order valence-corrected chi connectivity index (χ0v) is 5.94. The van der Waals surface area contributed by atoms with Crippen LogP contribution in [0.5, 0.6) is 0 Å². The Morgan fingerprint density at radius 2 is 1.83 bits per heavy atom. The summed E-state index contributed by atoms with van der Waals surface area (Å²) in [5.74, 6) is -9.41. The van der Waals surface area contributed by atoms with Crippen molar-refractivity contribution in [2.75, 3.05) is 0 Å². The van der Waals surface area contributed by atoms with Crippen LogP contribution in [0.2, 0.25) is 0 Å². The molecule has 0 aromatic heterocycles. The first-order valence-corrected chi connectivity index (χ1v) is 3.29. The van der Waals surface area contributed by atoms with E-state index in [2.05, 4.69) is 0 Å². The second-order valence-corrected chi connectivity index (χ2v) is 2.66. The number of carbonyl (C=O) groups is 1. The summed E-state index contributed by atoms with van der Waals surface area (Å²) in [7, 11) is 0. The van der Waals surface area contributed by atoms with Crippen LogP contribution in [-0.2, 0) is 4.79 Å². The molecule has 0 aromatic rings. The number of hydrogen-bond donors (Lipinski definition) is 0. The highest BCUT2D eigenvalue weighted by Crippen LogP contribution is 2.55. The van der Waals surface area contributed by atoms with Crippen molar-refractivity contribution in [2.24, 2.45) is 5.92 Å². The van der Waals surface area contributed by atoms with Gasteiger partial charge in [0.05, 0.1) is 5.92 Å². The first-order chi connectivity index (χ1) is 5.42. The van der Waals surface area contributed by atoms with E-state index in [9.17, 15) is 22.4 Å². The van der Waals surface area contributed by atoms with E-state index in [0.717, 1.165) is 12.2 Å². The smallest absolute Gasteiger partial charge is 0.299 e. The van der Waals surface area contributed by atoms with Gasteiger partial charge in [0.25, 0.3) is 0 Å². The van der Waals surface area contributed by atoms with Crippen LogP contribution in [0.3, 0.4) is 0 Å². The van der Waals surface area contributed by atoms with Gasteiger partial charge < -0.3 is 0 Å². The summed E-state index contributed by atoms with van der Waals surface area (Å²) in [6.45, 7) is 0. The largest absolute Gasteiger partial charge is 0.316 e. The van der Waals surface area contributed by atoms with E-state index in [1.54, 1.807) is 0 Å². The summed E-state index contributed by atoms with van der Waals surface area (Å²) in [6, 6.07) is 0. The van der Waals surface area contributed by atoms with Crippen molar-refractivity contribution in [3.05, 3.63) is 12.2 Å². The van der Waals surface area contributed by atoms with Crippen LogP contribution in [0.1, 0.15) is 6.42 Å². The molecule has 1 aliphatic carbocycles. The molecule has 1 atom stereocenters. The standard InChI is InChI=1S/C7H6F4O/c8-6(9)4-5(2-1-3-12)7(6,10)11/h1-3,5H,4H2/b2-1+. The summed E-state index contributed by atoms with van der Waals surface area (Å²) in [6.07, 6.45) is 1.02. The van der Waals surface area contributed by atoms with Crippen molar-refractivity contribution in [1.29, 1.82) is 0 Å². The highest BCUT2D eigenvalue weighted by Gasteiger charge is 2.70. The molecule has 1 unspecified atom stereocenters. The minimum atomic E-state index is -3.99. The average molecular weight is 182 g/mol. The molecule has 1 saturated carbocycles. The molecule has 0 radical (unpaired) electrons. The van der Waals surface area contributed by atoms with Crippen LogP contribution in [-0.4, -0.2) is 18.1 Å². The molecule has 1 aliphatic rings. The number of allylic oxidation sites excluding steroid dienone is 2. The van der Waals surface area contributed by atoms with E-state index in [4.69, 9.17) is 0 Å². The van der Waals surface area contributed by atoms with Gasteiger partial charge >= 0.3 is 11.8 Å². The maximum atomic E-state index is 12.4. The molecule has 1 rings (SSSR count). The molecule has 0 saturated heterocycles. The quantitative estimate of drug-likeness (QED) is 0.363. The van der Waals surface area contributed by atoms with Crippen LogP contribution in [0.4, 0.5) is 17.6 Å². The van der Waals surface area contributed by atoms with Gasteiger partial charge in [0.15, 0.2) is 0 Å². The summed E-state index contributed by atoms with van der Waals surface area (Å²) < 4.78 is 49.0. The first-order valence-electron chi connectivity index (χ1n) is 3.29. The molecule has 1 fully saturated rings. The molecule has 0 amide bonds. The maximum absolute atomic E-state index is 12.4. The van der Waals surface area contributed by atoms with E-state index in [0.29, 0.717) is 0 Å². The van der Waals surface area contributed by atoms with Gasteiger partial charge in [0, 0.05) is 6.42 Å². The Kier molecular flexibility index (Phi) is 1.97. The van der Waals surface area contributed by atoms with Crippen molar-refractivity contribution in [2.45, 2.75) is 18.3 Å². The minimum absolute atomic E-state index is 0.284. The molecule has 0 spiro atoms. The molecular formula is C7H6F4O. The number of alkyl halides is 4. The van der Waals surface area contributed by atoms with Gasteiger partial charge in [-0.25, -0.2) is 0 Å². The van der Waals surface area contributed by atoms with Crippen molar-refractivity contribution in [3.8, 4) is 0 Å². The number of rotatable bonds is 2. The van der Waals surface area contributed by atoms with Gasteiger partial charge in [-0.1, -0.05) is 6.08 Å². The fourth-order valence-electron chi connectivity index (χ4n) is 1.05. The Labute approximate surface area is 66.1 Å². The summed E-state index contributed by atoms with van der Waals surface area (Å²) in [4.78, 5) is 9.70. The zero-order valence-electron chi connectivity index (χ0n) is 5.94. The fourth-order valence-corrected chi connectivity index (χ4v) is 1.05. The normalized spacial score (nSPS) is 31.5. The predicted molar refractivity (Wildman–Crippen MR) is 33.2 cm³/mol. The Balaban J connectivity index is 2.65. The molecule has 12 heavy (non-hydrogen) atoms. The van der Waals surface area contributed by atoms with E-state index in [-0.39, 0.29) is 6.29 Å². The lowest BCUT2D eigenvalue weighted by Gasteiger charge is -2.42. The minimum Gasteiger partial charge on any atom is -0.299 e. The Morgan fingerprint density at radius 1 is 1.25 bits per heavy atom. The second-order valence-electron chi connectivity index (χ2n) is 2.66. The van der Waals surface area contributed by atoms with Crippen LogP contribution in [0, 0.1) is 5.92 Å². The molecule has 0 aromatic carbocycles. The molecule has 5 heteroatoms. The van der Waals surface area contributed by atoms with Crippen molar-refractivity contribution in [1.82, 2.24) is 0 Å². The lowest BCUT2D eigenvalue weighted by Crippen LogP contribution is -2.57. The highest BCUT2D eigenvalue weighted by molar-refractivity contribution is 5.64. The number of carbonyl (C=O) groups excluding carboxylic acids is 1. The Bertz CT molecular complexity index is 221. The Hall–Kier alpha value is -0.870. The predicted octanol–water partition coefficient (Wildman–Crippen LogP) is 2.03. The molecule has 1 nitrogen and oxygen atoms in total. The lowest BCUT2D eigenvalue weighted by molar-refractivity contribution is -0.301. The summed E-state index contributed by atoms with van der Waals surface area (Å²) in [5.41, 5.74) is 0. The van der Waals surface area contributed by atoms with Gasteiger partial charge in [-0.05, 0) is 6.08 Å². The molecule has 0 heterocycles. The second kappa shape index (κ2) is 2.57. The highest BCUT2D eigenvalue weighted by atomic mass is 19.3. The first kappa shape index (κ1) is 9.22. The Morgan fingerprint density at radius 3 is 2.17 bits per heavy atom. The van der Waals surface area contributed by atoms with Gasteiger partial charge in [0.2, 0.25) is 0 Å². The number of hydrogen-bond acceptors (Lipinski definition) is 1. The van der Waals surface area contributed by atoms with E-state index in [1.165, 1.54) is 0 Å². The third-order valence-electron chi connectivity index (χ3n) is 1.85. The van der Waals surface area contributed by atoms with Crippen molar-refractivity contribution in [3.63, 3.8) is 0 Å². The molecule has 68 valence electrons. The number of halogens is 4. The van der Waals surface area contributed by atoms with Crippen molar-refractivity contribution >= 4 is 6.29 Å². The molecule has 0 aliphatic heterocycles.